The van der Waals surface area contributed by atoms with Crippen LogP contribution >= 0.6 is 0 Å². The van der Waals surface area contributed by atoms with Crippen LogP contribution < -0.4 is 11.1 Å². The molecular weight excluding hydrogens is 258 g/mol. The van der Waals surface area contributed by atoms with Crippen LogP contribution in [0.25, 0.3) is 10.9 Å². The highest BCUT2D eigenvalue weighted by Crippen LogP contribution is 2.32. The van der Waals surface area contributed by atoms with Gasteiger partial charge in [-0.25, -0.2) is 0 Å². The first-order valence-electron chi connectivity index (χ1n) is 7.16. The van der Waals surface area contributed by atoms with Gasteiger partial charge < -0.3 is 11.1 Å². The Hall–Kier alpha value is -2.55. The number of benzene rings is 2. The van der Waals surface area contributed by atoms with Gasteiger partial charge in [0.25, 0.3) is 0 Å². The number of nitrogen functional groups attached to an aromatic ring is 1. The number of nitrogens with one attached hydrogen (secondary N) is 1. The number of pyridine rings is 1. The Kier molecular flexibility index (Phi) is 3.48. The number of fused-ring (bicyclic) bond motifs is 1. The van der Waals surface area contributed by atoms with Crippen LogP contribution in [0, 0.1) is 0 Å². The minimum atomic E-state index is 0.456. The summed E-state index contributed by atoms with van der Waals surface area (Å²) in [5.74, 6) is 0.456. The molecule has 0 aliphatic rings. The molecule has 0 amide bonds. The fraction of sp³-hybridized carbons (Fsp3) is 0.167. The molecule has 0 atom stereocenters. The molecule has 0 aliphatic carbocycles. The summed E-state index contributed by atoms with van der Waals surface area (Å²) in [6.07, 6.45) is 1.78. The number of nitrogens with zero attached hydrogens (tertiary/aromatic N) is 1. The van der Waals surface area contributed by atoms with Crippen LogP contribution in [0.2, 0.25) is 0 Å². The summed E-state index contributed by atoms with van der Waals surface area (Å²) in [6, 6.07) is 16.2. The van der Waals surface area contributed by atoms with Crippen molar-refractivity contribution in [3.63, 3.8) is 0 Å². The largest absolute Gasteiger partial charge is 0.396 e. The van der Waals surface area contributed by atoms with Crippen LogP contribution in [0.5, 0.6) is 0 Å². The van der Waals surface area contributed by atoms with Crippen molar-refractivity contribution in [2.75, 3.05) is 11.1 Å². The number of aromatic nitrogens is 1. The molecule has 3 heteroatoms. The lowest BCUT2D eigenvalue weighted by atomic mass is 10.0. The van der Waals surface area contributed by atoms with Crippen molar-refractivity contribution >= 4 is 28.0 Å². The minimum absolute atomic E-state index is 0.456. The summed E-state index contributed by atoms with van der Waals surface area (Å²) in [5.41, 5.74) is 11.2. The predicted molar refractivity (Wildman–Crippen MR) is 90.0 cm³/mol. The lowest BCUT2D eigenvalue weighted by Crippen LogP contribution is -2.01. The number of para-hydroxylation sites is 1. The van der Waals surface area contributed by atoms with E-state index in [-0.39, 0.29) is 0 Å². The molecule has 3 aromatic rings. The highest BCUT2D eigenvalue weighted by atomic mass is 14.9. The number of hydrogen-bond acceptors (Lipinski definition) is 3. The molecule has 106 valence electrons. The van der Waals surface area contributed by atoms with Crippen LogP contribution in [-0.2, 0) is 0 Å². The van der Waals surface area contributed by atoms with E-state index in [0.717, 1.165) is 28.0 Å². The third kappa shape index (κ3) is 2.55. The maximum absolute atomic E-state index is 6.29. The first kappa shape index (κ1) is 13.4. The van der Waals surface area contributed by atoms with E-state index in [1.54, 1.807) is 6.20 Å². The molecule has 0 saturated heterocycles. The second-order valence-electron chi connectivity index (χ2n) is 5.46. The van der Waals surface area contributed by atoms with Crippen molar-refractivity contribution in [1.82, 2.24) is 4.98 Å². The van der Waals surface area contributed by atoms with E-state index in [1.807, 2.05) is 30.3 Å². The lowest BCUT2D eigenvalue weighted by Gasteiger charge is -2.16. The van der Waals surface area contributed by atoms with Crippen molar-refractivity contribution in [3.8, 4) is 0 Å². The zero-order valence-electron chi connectivity index (χ0n) is 12.3. The second-order valence-corrected chi connectivity index (χ2v) is 5.46. The molecule has 1 heterocycles. The summed E-state index contributed by atoms with van der Waals surface area (Å²) < 4.78 is 0. The van der Waals surface area contributed by atoms with Gasteiger partial charge in [0.05, 0.1) is 16.9 Å². The zero-order valence-corrected chi connectivity index (χ0v) is 12.3. The molecular formula is C18H19N3. The molecule has 3 N–H and O–H groups in total. The van der Waals surface area contributed by atoms with Gasteiger partial charge in [-0.15, -0.1) is 0 Å². The fourth-order valence-corrected chi connectivity index (χ4v) is 2.54. The molecule has 0 unspecified atom stereocenters. The van der Waals surface area contributed by atoms with Crippen LogP contribution in [-0.4, -0.2) is 4.98 Å². The smallest absolute Gasteiger partial charge is 0.0724 e. The Labute approximate surface area is 124 Å². The molecule has 0 radical (unpaired) electrons. The van der Waals surface area contributed by atoms with Crippen LogP contribution in [0.1, 0.15) is 25.3 Å². The highest BCUT2D eigenvalue weighted by molar-refractivity contribution is 5.97. The quantitative estimate of drug-likeness (QED) is 0.683. The average molecular weight is 277 g/mol. The van der Waals surface area contributed by atoms with E-state index in [4.69, 9.17) is 5.73 Å². The zero-order chi connectivity index (χ0) is 14.8. The standard InChI is InChI=1S/C18H19N3/c1-12(2)13-6-3-4-8-16(13)21-17-10-9-15-14(18(17)19)7-5-11-20-15/h3-12,21H,19H2,1-2H3. The number of anilines is 3. The van der Waals surface area contributed by atoms with Crippen molar-refractivity contribution in [3.05, 3.63) is 60.3 Å². The summed E-state index contributed by atoms with van der Waals surface area (Å²) in [4.78, 5) is 4.33. The van der Waals surface area contributed by atoms with E-state index in [0.29, 0.717) is 5.92 Å². The van der Waals surface area contributed by atoms with Gasteiger partial charge in [0, 0.05) is 17.3 Å². The van der Waals surface area contributed by atoms with E-state index in [1.165, 1.54) is 5.56 Å². The Morgan fingerprint density at radius 3 is 2.57 bits per heavy atom. The molecule has 0 fully saturated rings. The van der Waals surface area contributed by atoms with Crippen LogP contribution in [0.15, 0.2) is 54.7 Å². The summed E-state index contributed by atoms with van der Waals surface area (Å²) in [7, 11) is 0. The molecule has 0 bridgehead atoms. The number of rotatable bonds is 3. The van der Waals surface area contributed by atoms with Gasteiger partial charge in [0.1, 0.15) is 0 Å². The molecule has 0 saturated carbocycles. The number of hydrogen-bond donors (Lipinski definition) is 2. The topological polar surface area (TPSA) is 50.9 Å². The van der Waals surface area contributed by atoms with Gasteiger partial charge in [0.15, 0.2) is 0 Å². The Balaban J connectivity index is 2.05. The molecule has 1 aromatic heterocycles. The van der Waals surface area contributed by atoms with Crippen molar-refractivity contribution < 1.29 is 0 Å². The molecule has 2 aromatic carbocycles. The van der Waals surface area contributed by atoms with Crippen LogP contribution in [0.3, 0.4) is 0 Å². The molecule has 0 aliphatic heterocycles. The van der Waals surface area contributed by atoms with Gasteiger partial charge in [-0.05, 0) is 41.8 Å². The highest BCUT2D eigenvalue weighted by Gasteiger charge is 2.09. The van der Waals surface area contributed by atoms with Crippen molar-refractivity contribution in [2.45, 2.75) is 19.8 Å². The SMILES string of the molecule is CC(C)c1ccccc1Nc1ccc2ncccc2c1N. The maximum Gasteiger partial charge on any atom is 0.0724 e. The Morgan fingerprint density at radius 1 is 0.952 bits per heavy atom. The van der Waals surface area contributed by atoms with Crippen molar-refractivity contribution in [1.29, 1.82) is 0 Å². The van der Waals surface area contributed by atoms with Gasteiger partial charge in [-0.3, -0.25) is 4.98 Å². The lowest BCUT2D eigenvalue weighted by molar-refractivity contribution is 0.869. The first-order valence-corrected chi connectivity index (χ1v) is 7.16. The Morgan fingerprint density at radius 2 is 1.76 bits per heavy atom. The third-order valence-electron chi connectivity index (χ3n) is 3.68. The summed E-state index contributed by atoms with van der Waals surface area (Å²) >= 11 is 0. The summed E-state index contributed by atoms with van der Waals surface area (Å²) in [6.45, 7) is 4.38. The van der Waals surface area contributed by atoms with Crippen molar-refractivity contribution in [2.24, 2.45) is 0 Å². The Bertz CT molecular complexity index is 778. The van der Waals surface area contributed by atoms with Gasteiger partial charge in [-0.2, -0.15) is 0 Å². The van der Waals surface area contributed by atoms with E-state index in [9.17, 15) is 0 Å². The van der Waals surface area contributed by atoms with Gasteiger partial charge in [-0.1, -0.05) is 32.0 Å². The average Bonchev–Trinajstić information content (AvgIpc) is 2.51. The second kappa shape index (κ2) is 5.44. The first-order chi connectivity index (χ1) is 10.2. The molecule has 21 heavy (non-hydrogen) atoms. The summed E-state index contributed by atoms with van der Waals surface area (Å²) in [5, 5.41) is 4.44. The minimum Gasteiger partial charge on any atom is -0.396 e. The predicted octanol–water partition coefficient (Wildman–Crippen LogP) is 4.68. The molecule has 0 spiro atoms. The van der Waals surface area contributed by atoms with E-state index >= 15 is 0 Å². The fourth-order valence-electron chi connectivity index (χ4n) is 2.54. The maximum atomic E-state index is 6.29. The van der Waals surface area contributed by atoms with Gasteiger partial charge in [0.2, 0.25) is 0 Å². The van der Waals surface area contributed by atoms with Gasteiger partial charge >= 0.3 is 0 Å². The van der Waals surface area contributed by atoms with E-state index < -0.39 is 0 Å². The number of nitrogens with two attached hydrogens (primary N) is 1. The third-order valence-corrected chi connectivity index (χ3v) is 3.68. The van der Waals surface area contributed by atoms with Crippen LogP contribution in [0.4, 0.5) is 17.1 Å². The van der Waals surface area contributed by atoms with E-state index in [2.05, 4.69) is 42.3 Å². The molecule has 3 nitrogen and oxygen atoms in total. The monoisotopic (exact) mass is 277 g/mol. The molecule has 3 rings (SSSR count). The normalized spacial score (nSPS) is 11.0.